The third-order valence-electron chi connectivity index (χ3n) is 2.27. The zero-order valence-corrected chi connectivity index (χ0v) is 10.2. The van der Waals surface area contributed by atoms with Crippen LogP contribution in [-0.2, 0) is 0 Å². The second kappa shape index (κ2) is 4.63. The van der Waals surface area contributed by atoms with Crippen LogP contribution in [0.2, 0.25) is 0 Å². The van der Waals surface area contributed by atoms with Crippen LogP contribution in [0.3, 0.4) is 0 Å². The maximum absolute atomic E-state index is 13.7. The van der Waals surface area contributed by atoms with E-state index < -0.39 is 5.82 Å². The van der Waals surface area contributed by atoms with Crippen LogP contribution in [0.4, 0.5) is 4.39 Å². The van der Waals surface area contributed by atoms with Gasteiger partial charge in [0.25, 0.3) is 0 Å². The number of halogens is 1. The highest BCUT2D eigenvalue weighted by Crippen LogP contribution is 2.28. The molecule has 3 nitrogen and oxygen atoms in total. The van der Waals surface area contributed by atoms with Crippen molar-refractivity contribution < 1.29 is 13.9 Å². The average Bonchev–Trinajstić information content (AvgIpc) is 2.78. The molecule has 0 unspecified atom stereocenters. The Labute approximate surface area is 102 Å². The highest BCUT2D eigenvalue weighted by molar-refractivity contribution is 7.13. The minimum Gasteiger partial charge on any atom is -0.497 e. The summed E-state index contributed by atoms with van der Waals surface area (Å²) in [6, 6.07) is 4.55. The van der Waals surface area contributed by atoms with Gasteiger partial charge in [-0.1, -0.05) is 0 Å². The smallest absolute Gasteiger partial charge is 0.178 e. The molecule has 1 aromatic heterocycles. The average molecular weight is 251 g/mol. The Hall–Kier alpha value is -1.75. The van der Waals surface area contributed by atoms with E-state index >= 15 is 0 Å². The van der Waals surface area contributed by atoms with Crippen molar-refractivity contribution in [1.82, 2.24) is 4.98 Å². The largest absolute Gasteiger partial charge is 0.497 e. The van der Waals surface area contributed by atoms with E-state index in [4.69, 9.17) is 4.74 Å². The Morgan fingerprint density at radius 1 is 1.47 bits per heavy atom. The summed E-state index contributed by atoms with van der Waals surface area (Å²) < 4.78 is 18.7. The molecular weight excluding hydrogens is 241 g/mol. The van der Waals surface area contributed by atoms with E-state index in [0.29, 0.717) is 22.0 Å². The van der Waals surface area contributed by atoms with E-state index in [1.807, 2.05) is 0 Å². The lowest BCUT2D eigenvalue weighted by Crippen LogP contribution is -1.92. The molecule has 0 spiro atoms. The van der Waals surface area contributed by atoms with Crippen molar-refractivity contribution in [1.29, 1.82) is 0 Å². The first-order valence-electron chi connectivity index (χ1n) is 4.92. The predicted octanol–water partition coefficient (Wildman–Crippen LogP) is 3.16. The lowest BCUT2D eigenvalue weighted by atomic mass is 10.2. The number of thiazole rings is 1. The zero-order valence-electron chi connectivity index (χ0n) is 9.36. The molecule has 0 radical (unpaired) electrons. The van der Waals surface area contributed by atoms with Crippen molar-refractivity contribution >= 4 is 17.1 Å². The van der Waals surface area contributed by atoms with E-state index in [2.05, 4.69) is 4.98 Å². The maximum atomic E-state index is 13.7. The van der Waals surface area contributed by atoms with Crippen LogP contribution >= 0.6 is 11.3 Å². The Morgan fingerprint density at radius 3 is 2.76 bits per heavy atom. The normalized spacial score (nSPS) is 10.3. The van der Waals surface area contributed by atoms with Crippen molar-refractivity contribution in [2.75, 3.05) is 7.11 Å². The molecule has 0 saturated carbocycles. The van der Waals surface area contributed by atoms with Gasteiger partial charge in [-0.3, -0.25) is 4.79 Å². The molecule has 1 aromatic carbocycles. The molecule has 88 valence electrons. The quantitative estimate of drug-likeness (QED) is 0.786. The monoisotopic (exact) mass is 251 g/mol. The van der Waals surface area contributed by atoms with E-state index in [-0.39, 0.29) is 5.78 Å². The van der Waals surface area contributed by atoms with Gasteiger partial charge in [-0.05, 0) is 12.1 Å². The molecule has 5 heteroatoms. The van der Waals surface area contributed by atoms with Crippen LogP contribution in [0.1, 0.15) is 17.4 Å². The van der Waals surface area contributed by atoms with E-state index in [0.717, 1.165) is 0 Å². The SMILES string of the molecule is COc1ccc(-c2nc(C(C)=O)cs2)c(F)c1. The van der Waals surface area contributed by atoms with Gasteiger partial charge < -0.3 is 4.74 Å². The Morgan fingerprint density at radius 2 is 2.24 bits per heavy atom. The number of Topliss-reactive ketones (excluding diaryl/α,β-unsaturated/α-hetero) is 1. The topological polar surface area (TPSA) is 39.2 Å². The lowest BCUT2D eigenvalue weighted by Gasteiger charge is -2.02. The number of aromatic nitrogens is 1. The van der Waals surface area contributed by atoms with Gasteiger partial charge in [0.1, 0.15) is 22.3 Å². The molecular formula is C12H10FNO2S. The second-order valence-corrected chi connectivity index (χ2v) is 4.30. The molecule has 1 heterocycles. The molecule has 0 aliphatic carbocycles. The fraction of sp³-hybridized carbons (Fsp3) is 0.167. The van der Waals surface area contributed by atoms with Gasteiger partial charge >= 0.3 is 0 Å². The number of methoxy groups -OCH3 is 1. The highest BCUT2D eigenvalue weighted by Gasteiger charge is 2.12. The molecule has 2 aromatic rings. The van der Waals surface area contributed by atoms with Crippen LogP contribution in [0.5, 0.6) is 5.75 Å². The summed E-state index contributed by atoms with van der Waals surface area (Å²) >= 11 is 1.25. The van der Waals surface area contributed by atoms with Crippen molar-refractivity contribution in [2.24, 2.45) is 0 Å². The van der Waals surface area contributed by atoms with Crippen molar-refractivity contribution in [3.63, 3.8) is 0 Å². The third-order valence-corrected chi connectivity index (χ3v) is 3.15. The summed E-state index contributed by atoms with van der Waals surface area (Å²) in [6.07, 6.45) is 0. The Balaban J connectivity index is 2.42. The molecule has 0 aliphatic rings. The summed E-state index contributed by atoms with van der Waals surface area (Å²) in [7, 11) is 1.48. The van der Waals surface area contributed by atoms with Gasteiger partial charge in [0.15, 0.2) is 5.78 Å². The fourth-order valence-corrected chi connectivity index (χ4v) is 2.24. The number of carbonyl (C=O) groups excluding carboxylic acids is 1. The minimum absolute atomic E-state index is 0.124. The van der Waals surface area contributed by atoms with Gasteiger partial charge in [-0.15, -0.1) is 11.3 Å². The lowest BCUT2D eigenvalue weighted by molar-refractivity contribution is 0.101. The molecule has 0 fully saturated rings. The number of hydrogen-bond acceptors (Lipinski definition) is 4. The zero-order chi connectivity index (χ0) is 12.4. The first kappa shape index (κ1) is 11.7. The van der Waals surface area contributed by atoms with Crippen LogP contribution in [0, 0.1) is 5.82 Å². The predicted molar refractivity (Wildman–Crippen MR) is 64.1 cm³/mol. The number of nitrogens with zero attached hydrogens (tertiary/aromatic N) is 1. The molecule has 0 aliphatic heterocycles. The number of carbonyl (C=O) groups is 1. The minimum atomic E-state index is -0.409. The summed E-state index contributed by atoms with van der Waals surface area (Å²) in [4.78, 5) is 15.2. The molecule has 0 saturated heterocycles. The molecule has 17 heavy (non-hydrogen) atoms. The highest BCUT2D eigenvalue weighted by atomic mass is 32.1. The molecule has 0 bridgehead atoms. The summed E-state index contributed by atoms with van der Waals surface area (Å²) in [5.41, 5.74) is 0.739. The first-order chi connectivity index (χ1) is 8.11. The summed E-state index contributed by atoms with van der Waals surface area (Å²) in [5, 5.41) is 2.12. The van der Waals surface area contributed by atoms with Gasteiger partial charge in [0.05, 0.1) is 7.11 Å². The van der Waals surface area contributed by atoms with Crippen LogP contribution in [-0.4, -0.2) is 17.9 Å². The number of ketones is 1. The molecule has 2 rings (SSSR count). The number of rotatable bonds is 3. The van der Waals surface area contributed by atoms with Gasteiger partial charge in [-0.2, -0.15) is 0 Å². The van der Waals surface area contributed by atoms with Crippen molar-refractivity contribution in [3.8, 4) is 16.3 Å². The third kappa shape index (κ3) is 2.34. The summed E-state index contributed by atoms with van der Waals surface area (Å²) in [5.74, 6) is -0.0789. The Bertz CT molecular complexity index is 565. The fourth-order valence-electron chi connectivity index (χ4n) is 1.36. The Kier molecular flexibility index (Phi) is 3.19. The van der Waals surface area contributed by atoms with Gasteiger partial charge in [0, 0.05) is 23.9 Å². The van der Waals surface area contributed by atoms with Crippen molar-refractivity contribution in [2.45, 2.75) is 6.92 Å². The van der Waals surface area contributed by atoms with Gasteiger partial charge in [-0.25, -0.2) is 9.37 Å². The number of hydrogen-bond donors (Lipinski definition) is 0. The van der Waals surface area contributed by atoms with Crippen LogP contribution in [0.15, 0.2) is 23.6 Å². The van der Waals surface area contributed by atoms with E-state index in [1.54, 1.807) is 17.5 Å². The van der Waals surface area contributed by atoms with E-state index in [9.17, 15) is 9.18 Å². The van der Waals surface area contributed by atoms with Gasteiger partial charge in [0.2, 0.25) is 0 Å². The molecule has 0 N–H and O–H groups in total. The van der Waals surface area contributed by atoms with E-state index in [1.165, 1.54) is 31.4 Å². The van der Waals surface area contributed by atoms with Crippen LogP contribution in [0.25, 0.3) is 10.6 Å². The number of ether oxygens (including phenoxy) is 1. The standard InChI is InChI=1S/C12H10FNO2S/c1-7(15)11-6-17-12(14-11)9-4-3-8(16-2)5-10(9)13/h3-6H,1-2H3. The second-order valence-electron chi connectivity index (χ2n) is 3.44. The van der Waals surface area contributed by atoms with Crippen LogP contribution < -0.4 is 4.74 Å². The first-order valence-corrected chi connectivity index (χ1v) is 5.80. The maximum Gasteiger partial charge on any atom is 0.178 e. The van der Waals surface area contributed by atoms with Crippen molar-refractivity contribution in [3.05, 3.63) is 35.1 Å². The molecule has 0 amide bonds. The molecule has 0 atom stereocenters. The summed E-state index contributed by atoms with van der Waals surface area (Å²) in [6.45, 7) is 1.43. The number of benzene rings is 1.